The minimum Gasteiger partial charge on any atom is -0.299 e. The fourth-order valence-electron chi connectivity index (χ4n) is 3.38. The number of piperidine rings is 1. The maximum atomic E-state index is 13.6. The van der Waals surface area contributed by atoms with E-state index >= 15 is 0 Å². The van der Waals surface area contributed by atoms with Gasteiger partial charge in [0.25, 0.3) is 0 Å². The highest BCUT2D eigenvalue weighted by Crippen LogP contribution is 2.49. The van der Waals surface area contributed by atoms with Crippen LogP contribution >= 0.6 is 15.9 Å². The van der Waals surface area contributed by atoms with Gasteiger partial charge in [-0.3, -0.25) is 4.90 Å². The summed E-state index contributed by atoms with van der Waals surface area (Å²) in [4.78, 5) is 2.37. The summed E-state index contributed by atoms with van der Waals surface area (Å²) in [5.41, 5.74) is 1.24. The molecule has 1 aromatic carbocycles. The lowest BCUT2D eigenvalue weighted by Gasteiger charge is -2.49. The lowest BCUT2D eigenvalue weighted by Crippen LogP contribution is -2.46. The van der Waals surface area contributed by atoms with Crippen LogP contribution in [-0.4, -0.2) is 18.0 Å². The zero-order valence-corrected chi connectivity index (χ0v) is 15.2. The van der Waals surface area contributed by atoms with Crippen LogP contribution in [0.15, 0.2) is 22.7 Å². The zero-order chi connectivity index (χ0) is 16.4. The highest BCUT2D eigenvalue weighted by Gasteiger charge is 2.43. The van der Waals surface area contributed by atoms with Crippen LogP contribution in [0, 0.1) is 28.0 Å². The lowest BCUT2D eigenvalue weighted by molar-refractivity contribution is 0.00709. The van der Waals surface area contributed by atoms with Gasteiger partial charge < -0.3 is 0 Å². The highest BCUT2D eigenvalue weighted by molar-refractivity contribution is 9.10. The minimum atomic E-state index is -0.206. The molecule has 2 nitrogen and oxygen atoms in total. The summed E-state index contributed by atoms with van der Waals surface area (Å²) in [7, 11) is 0. The lowest BCUT2D eigenvalue weighted by atomic mass is 9.60. The third kappa shape index (κ3) is 3.70. The molecule has 0 saturated carbocycles. The van der Waals surface area contributed by atoms with E-state index in [4.69, 9.17) is 0 Å². The van der Waals surface area contributed by atoms with E-state index in [1.807, 2.05) is 6.07 Å². The monoisotopic (exact) mass is 366 g/mol. The maximum Gasteiger partial charge on any atom is 0.137 e. The molecule has 0 atom stereocenters. The number of benzene rings is 1. The molecule has 1 aliphatic rings. The number of nitriles is 1. The standard InChI is InChI=1S/C18H24BrFN2/c1-17(2,3)18(6-9-21)7-10-22(11-8-18)13-14-4-5-15(19)16(20)12-14/h4-5,12H,6-8,10-11,13H2,1-3H3. The summed E-state index contributed by atoms with van der Waals surface area (Å²) in [6, 6.07) is 7.73. The topological polar surface area (TPSA) is 27.0 Å². The van der Waals surface area contributed by atoms with Crippen LogP contribution in [-0.2, 0) is 6.54 Å². The third-order valence-electron chi connectivity index (χ3n) is 5.21. The van der Waals surface area contributed by atoms with Gasteiger partial charge in [0.1, 0.15) is 5.82 Å². The van der Waals surface area contributed by atoms with Crippen molar-refractivity contribution in [3.05, 3.63) is 34.1 Å². The Morgan fingerprint density at radius 1 is 1.32 bits per heavy atom. The normalized spacial score (nSPS) is 18.9. The van der Waals surface area contributed by atoms with E-state index in [-0.39, 0.29) is 16.6 Å². The summed E-state index contributed by atoms with van der Waals surface area (Å²) in [5, 5.41) is 9.19. The molecule has 0 unspecified atom stereocenters. The van der Waals surface area contributed by atoms with Crippen LogP contribution in [0.1, 0.15) is 45.6 Å². The first-order valence-electron chi connectivity index (χ1n) is 7.81. The highest BCUT2D eigenvalue weighted by atomic mass is 79.9. The van der Waals surface area contributed by atoms with Crippen LogP contribution < -0.4 is 0 Å². The van der Waals surface area contributed by atoms with Crippen LogP contribution in [0.2, 0.25) is 0 Å². The van der Waals surface area contributed by atoms with Gasteiger partial charge in [0.2, 0.25) is 0 Å². The molecule has 2 rings (SSSR count). The molecule has 0 radical (unpaired) electrons. The number of rotatable bonds is 3. The van der Waals surface area contributed by atoms with E-state index in [2.05, 4.69) is 47.7 Å². The number of likely N-dealkylation sites (tertiary alicyclic amines) is 1. The Balaban J connectivity index is 2.02. The maximum absolute atomic E-state index is 13.6. The van der Waals surface area contributed by atoms with Gasteiger partial charge in [-0.05, 0) is 70.4 Å². The summed E-state index contributed by atoms with van der Waals surface area (Å²) in [6.07, 6.45) is 2.68. The molecule has 1 fully saturated rings. The van der Waals surface area contributed by atoms with Gasteiger partial charge >= 0.3 is 0 Å². The fourth-order valence-corrected chi connectivity index (χ4v) is 3.63. The molecule has 4 heteroatoms. The molecule has 0 aliphatic carbocycles. The average Bonchev–Trinajstić information content (AvgIpc) is 2.44. The number of hydrogen-bond acceptors (Lipinski definition) is 2. The molecule has 0 N–H and O–H groups in total. The Morgan fingerprint density at radius 2 is 1.95 bits per heavy atom. The first-order valence-corrected chi connectivity index (χ1v) is 8.60. The molecule has 0 spiro atoms. The molecule has 1 saturated heterocycles. The number of halogens is 2. The smallest absolute Gasteiger partial charge is 0.137 e. The first kappa shape index (κ1) is 17.4. The van der Waals surface area contributed by atoms with Crippen molar-refractivity contribution in [1.29, 1.82) is 5.26 Å². The van der Waals surface area contributed by atoms with Gasteiger partial charge in [-0.15, -0.1) is 0 Å². The van der Waals surface area contributed by atoms with Gasteiger partial charge in [0, 0.05) is 13.0 Å². The van der Waals surface area contributed by atoms with Crippen LogP contribution in [0.25, 0.3) is 0 Å². The molecular weight excluding hydrogens is 343 g/mol. The van der Waals surface area contributed by atoms with Gasteiger partial charge in [-0.2, -0.15) is 5.26 Å². The van der Waals surface area contributed by atoms with E-state index in [1.165, 1.54) is 0 Å². The quantitative estimate of drug-likeness (QED) is 0.741. The van der Waals surface area contributed by atoms with Crippen molar-refractivity contribution < 1.29 is 4.39 Å². The second-order valence-corrected chi connectivity index (χ2v) is 8.24. The summed E-state index contributed by atoms with van der Waals surface area (Å²) < 4.78 is 14.1. The molecule has 0 bridgehead atoms. The second-order valence-electron chi connectivity index (χ2n) is 7.39. The SMILES string of the molecule is CC(C)(C)C1(CC#N)CCN(Cc2ccc(Br)c(F)c2)CC1. The minimum absolute atomic E-state index is 0.100. The van der Waals surface area contributed by atoms with E-state index in [1.54, 1.807) is 12.1 Å². The average molecular weight is 367 g/mol. The van der Waals surface area contributed by atoms with Gasteiger partial charge in [-0.1, -0.05) is 26.8 Å². The molecule has 1 heterocycles. The molecule has 22 heavy (non-hydrogen) atoms. The predicted molar refractivity (Wildman–Crippen MR) is 90.7 cm³/mol. The fraction of sp³-hybridized carbons (Fsp3) is 0.611. The van der Waals surface area contributed by atoms with Crippen LogP contribution in [0.5, 0.6) is 0 Å². The van der Waals surface area contributed by atoms with Crippen molar-refractivity contribution in [2.24, 2.45) is 10.8 Å². The van der Waals surface area contributed by atoms with Crippen molar-refractivity contribution in [2.45, 2.75) is 46.6 Å². The van der Waals surface area contributed by atoms with Crippen molar-refractivity contribution in [2.75, 3.05) is 13.1 Å². The Hall–Kier alpha value is -0.920. The van der Waals surface area contributed by atoms with Crippen LogP contribution in [0.4, 0.5) is 4.39 Å². The van der Waals surface area contributed by atoms with Gasteiger partial charge in [0.05, 0.1) is 10.5 Å². The van der Waals surface area contributed by atoms with Crippen molar-refractivity contribution in [1.82, 2.24) is 4.90 Å². The first-order chi connectivity index (χ1) is 10.3. The van der Waals surface area contributed by atoms with Crippen LogP contribution in [0.3, 0.4) is 0 Å². The Morgan fingerprint density at radius 3 is 2.45 bits per heavy atom. The van der Waals surface area contributed by atoms with Crippen molar-refractivity contribution >= 4 is 15.9 Å². The molecule has 1 aliphatic heterocycles. The Labute approximate surface area is 141 Å². The van der Waals surface area contributed by atoms with Crippen molar-refractivity contribution in [3.8, 4) is 6.07 Å². The molecule has 120 valence electrons. The number of hydrogen-bond donors (Lipinski definition) is 0. The molecule has 0 aromatic heterocycles. The summed E-state index contributed by atoms with van der Waals surface area (Å²) in [6.45, 7) is 9.43. The van der Waals surface area contributed by atoms with E-state index in [0.29, 0.717) is 10.9 Å². The van der Waals surface area contributed by atoms with Gasteiger partial charge in [-0.25, -0.2) is 4.39 Å². The second kappa shape index (κ2) is 6.68. The summed E-state index contributed by atoms with van der Waals surface area (Å²) in [5.74, 6) is -0.206. The van der Waals surface area contributed by atoms with E-state index in [0.717, 1.165) is 38.0 Å². The molecule has 1 aromatic rings. The van der Waals surface area contributed by atoms with Gasteiger partial charge in [0.15, 0.2) is 0 Å². The van der Waals surface area contributed by atoms with Crippen molar-refractivity contribution in [3.63, 3.8) is 0 Å². The third-order valence-corrected chi connectivity index (χ3v) is 5.85. The largest absolute Gasteiger partial charge is 0.299 e. The van der Waals surface area contributed by atoms with E-state index < -0.39 is 0 Å². The zero-order valence-electron chi connectivity index (χ0n) is 13.6. The Kier molecular flexibility index (Phi) is 5.29. The van der Waals surface area contributed by atoms with E-state index in [9.17, 15) is 9.65 Å². The number of nitrogens with zero attached hydrogens (tertiary/aromatic N) is 2. The predicted octanol–water partition coefficient (Wildman–Crippen LogP) is 5.13. The molecule has 0 amide bonds. The summed E-state index contributed by atoms with van der Waals surface area (Å²) >= 11 is 3.19. The Bertz CT molecular complexity index is 563. The molecular formula is C18H24BrFN2.